The molecule has 0 spiro atoms. The fourth-order valence-electron chi connectivity index (χ4n) is 1.55. The Morgan fingerprint density at radius 3 is 2.21 bits per heavy atom. The molecule has 0 radical (unpaired) electrons. The van der Waals surface area contributed by atoms with E-state index in [0.29, 0.717) is 0 Å². The van der Waals surface area contributed by atoms with E-state index < -0.39 is 36.0 Å². The van der Waals surface area contributed by atoms with Gasteiger partial charge in [-0.15, -0.1) is 0 Å². The topological polar surface area (TPSA) is 24.1 Å². The Kier molecular flexibility index (Phi) is 3.15. The second-order valence-corrected chi connectivity index (χ2v) is 5.08. The molecule has 1 saturated carbocycles. The maximum absolute atomic E-state index is 13.2. The third-order valence-electron chi connectivity index (χ3n) is 2.34. The molecule has 8 heteroatoms. The van der Waals surface area contributed by atoms with Gasteiger partial charge in [0.1, 0.15) is 6.17 Å². The first-order chi connectivity index (χ1) is 6.63. The Bertz CT molecular complexity index is 200. The lowest BCUT2D eigenvalue weighted by Gasteiger charge is -2.41. The van der Waals surface area contributed by atoms with Gasteiger partial charge in [0.25, 0.3) is 0 Å². The largest absolute Gasteiger partial charge is 0.243 e. The molecular formula is C6H8F4N2S2. The molecule has 0 amide bonds. The monoisotopic (exact) mass is 248 g/mol. The van der Waals surface area contributed by atoms with Crippen LogP contribution in [0.1, 0.15) is 0 Å². The summed E-state index contributed by atoms with van der Waals surface area (Å²) in [4.78, 5) is 0. The molecule has 82 valence electrons. The summed E-state index contributed by atoms with van der Waals surface area (Å²) in [6.07, 6.45) is -8.72. The average Bonchev–Trinajstić information content (AvgIpc) is 2.23. The van der Waals surface area contributed by atoms with Crippen molar-refractivity contribution >= 4 is 24.1 Å². The highest BCUT2D eigenvalue weighted by Crippen LogP contribution is 2.38. The van der Waals surface area contributed by atoms with Gasteiger partial charge >= 0.3 is 0 Å². The highest BCUT2D eigenvalue weighted by Gasteiger charge is 2.54. The van der Waals surface area contributed by atoms with E-state index in [1.54, 1.807) is 0 Å². The fourth-order valence-corrected chi connectivity index (χ4v) is 3.52. The van der Waals surface area contributed by atoms with Crippen molar-refractivity contribution in [2.45, 2.75) is 36.0 Å². The van der Waals surface area contributed by atoms with Gasteiger partial charge in [-0.1, -0.05) is 11.9 Å². The summed E-state index contributed by atoms with van der Waals surface area (Å²) in [6, 6.07) is -0.983. The zero-order valence-corrected chi connectivity index (χ0v) is 8.43. The van der Waals surface area contributed by atoms with Gasteiger partial charge in [0, 0.05) is 12.1 Å². The molecule has 1 heterocycles. The van der Waals surface area contributed by atoms with Gasteiger partial charge in [-0.25, -0.2) is 22.3 Å². The molecule has 1 aliphatic heterocycles. The first-order valence-electron chi connectivity index (χ1n) is 4.01. The molecular weight excluding hydrogens is 240 g/mol. The van der Waals surface area contributed by atoms with E-state index in [2.05, 4.69) is 8.85 Å². The predicted octanol–water partition coefficient (Wildman–Crippen LogP) is 1.49. The van der Waals surface area contributed by atoms with Crippen molar-refractivity contribution in [3.05, 3.63) is 0 Å². The molecule has 2 nitrogen and oxygen atoms in total. The van der Waals surface area contributed by atoms with E-state index >= 15 is 0 Å². The maximum atomic E-state index is 13.2. The molecule has 2 rings (SSSR count). The summed E-state index contributed by atoms with van der Waals surface area (Å²) in [6.45, 7) is 0. The van der Waals surface area contributed by atoms with Gasteiger partial charge in [0.05, 0.1) is 11.3 Å². The third kappa shape index (κ3) is 1.62. The number of rotatable bonds is 0. The van der Waals surface area contributed by atoms with Crippen LogP contribution in [0.25, 0.3) is 0 Å². The van der Waals surface area contributed by atoms with Crippen molar-refractivity contribution in [2.24, 2.45) is 0 Å². The minimum atomic E-state index is -2.38. The Labute approximate surface area is 87.0 Å². The van der Waals surface area contributed by atoms with Crippen LogP contribution in [0.4, 0.5) is 17.6 Å². The summed E-state index contributed by atoms with van der Waals surface area (Å²) < 4.78 is 57.4. The van der Waals surface area contributed by atoms with Crippen LogP contribution in [0.3, 0.4) is 0 Å². The maximum Gasteiger partial charge on any atom is 0.167 e. The second-order valence-electron chi connectivity index (χ2n) is 3.19. The lowest BCUT2D eigenvalue weighted by molar-refractivity contribution is -0.0179. The summed E-state index contributed by atoms with van der Waals surface area (Å²) in [5.41, 5.74) is 0. The number of hydrogen-bond donors (Lipinski definition) is 2. The lowest BCUT2D eigenvalue weighted by Crippen LogP contribution is -2.62. The van der Waals surface area contributed by atoms with Crippen molar-refractivity contribution in [2.75, 3.05) is 0 Å². The van der Waals surface area contributed by atoms with Crippen molar-refractivity contribution < 1.29 is 17.6 Å². The third-order valence-corrected chi connectivity index (χ3v) is 4.28. The summed E-state index contributed by atoms with van der Waals surface area (Å²) in [5, 5.41) is -0.923. The van der Waals surface area contributed by atoms with Crippen LogP contribution >= 0.6 is 24.1 Å². The molecule has 1 saturated heterocycles. The standard InChI is InChI=1S/C6H8F4N2S2/c7-1-2(8)4(10)6-5(3(1)9)11-14-12-13-6/h1-6,11-12H. The Hall–Kier alpha value is 0.340. The van der Waals surface area contributed by atoms with E-state index in [9.17, 15) is 17.6 Å². The number of halogens is 4. The minimum Gasteiger partial charge on any atom is -0.243 e. The van der Waals surface area contributed by atoms with E-state index in [-0.39, 0.29) is 0 Å². The second kappa shape index (κ2) is 4.07. The van der Waals surface area contributed by atoms with Crippen LogP contribution < -0.4 is 8.85 Å². The molecule has 6 unspecified atom stereocenters. The van der Waals surface area contributed by atoms with Gasteiger partial charge in [-0.05, 0) is 0 Å². The molecule has 0 aromatic rings. The van der Waals surface area contributed by atoms with Gasteiger partial charge in [-0.3, -0.25) is 0 Å². The van der Waals surface area contributed by atoms with Crippen molar-refractivity contribution in [3.63, 3.8) is 0 Å². The number of fused-ring (bicyclic) bond motifs is 1. The molecule has 0 aromatic carbocycles. The molecule has 0 aromatic heterocycles. The quantitative estimate of drug-likeness (QED) is 0.501. The normalized spacial score (nSPS) is 54.0. The summed E-state index contributed by atoms with van der Waals surface area (Å²) in [7, 11) is 0. The Morgan fingerprint density at radius 1 is 0.857 bits per heavy atom. The number of alkyl halides is 4. The molecule has 14 heavy (non-hydrogen) atoms. The molecule has 0 bridgehead atoms. The van der Waals surface area contributed by atoms with Gasteiger partial charge in [0.15, 0.2) is 18.5 Å². The van der Waals surface area contributed by atoms with E-state index in [4.69, 9.17) is 0 Å². The first kappa shape index (κ1) is 10.8. The van der Waals surface area contributed by atoms with Crippen LogP contribution in [0, 0.1) is 0 Å². The summed E-state index contributed by atoms with van der Waals surface area (Å²) >= 11 is 1.85. The summed E-state index contributed by atoms with van der Waals surface area (Å²) in [5.74, 6) is 0. The highest BCUT2D eigenvalue weighted by atomic mass is 32.2. The highest BCUT2D eigenvalue weighted by molar-refractivity contribution is 8.12. The van der Waals surface area contributed by atoms with E-state index in [1.807, 2.05) is 0 Å². The molecule has 2 aliphatic rings. The van der Waals surface area contributed by atoms with Crippen molar-refractivity contribution in [1.82, 2.24) is 8.85 Å². The van der Waals surface area contributed by atoms with Crippen LogP contribution in [0.5, 0.6) is 0 Å². The predicted molar refractivity (Wildman–Crippen MR) is 48.6 cm³/mol. The molecule has 2 fully saturated rings. The van der Waals surface area contributed by atoms with Crippen molar-refractivity contribution in [1.29, 1.82) is 0 Å². The van der Waals surface area contributed by atoms with Crippen LogP contribution in [-0.4, -0.2) is 36.0 Å². The van der Waals surface area contributed by atoms with Gasteiger partial charge < -0.3 is 0 Å². The zero-order valence-electron chi connectivity index (χ0n) is 6.79. The van der Waals surface area contributed by atoms with Crippen LogP contribution in [0.2, 0.25) is 0 Å². The van der Waals surface area contributed by atoms with Crippen molar-refractivity contribution in [3.8, 4) is 0 Å². The fraction of sp³-hybridized carbons (Fsp3) is 1.00. The molecule has 6 atom stereocenters. The minimum absolute atomic E-state index is 0.894. The molecule has 1 aliphatic carbocycles. The number of hydrogen-bond acceptors (Lipinski definition) is 4. The van der Waals surface area contributed by atoms with E-state index in [0.717, 1.165) is 24.1 Å². The Morgan fingerprint density at radius 2 is 1.50 bits per heavy atom. The Balaban J connectivity index is 2.16. The van der Waals surface area contributed by atoms with Gasteiger partial charge in [-0.2, -0.15) is 4.13 Å². The molecule has 2 N–H and O–H groups in total. The van der Waals surface area contributed by atoms with Gasteiger partial charge in [0.2, 0.25) is 0 Å². The average molecular weight is 248 g/mol. The van der Waals surface area contributed by atoms with E-state index in [1.165, 1.54) is 0 Å². The number of nitrogens with one attached hydrogen (secondary N) is 2. The smallest absolute Gasteiger partial charge is 0.167 e. The SMILES string of the molecule is FC1C(F)C(F)C2SNSNC2C1F. The lowest BCUT2D eigenvalue weighted by atomic mass is 9.89. The zero-order chi connectivity index (χ0) is 10.3. The first-order valence-corrected chi connectivity index (χ1v) is 5.71. The van der Waals surface area contributed by atoms with Crippen LogP contribution in [-0.2, 0) is 0 Å². The van der Waals surface area contributed by atoms with Crippen LogP contribution in [0.15, 0.2) is 0 Å².